The van der Waals surface area contributed by atoms with Crippen LogP contribution in [0.4, 0.5) is 5.82 Å². The van der Waals surface area contributed by atoms with Crippen molar-refractivity contribution in [2.75, 3.05) is 16.8 Å². The molecule has 1 unspecified atom stereocenters. The molecule has 2 heterocycles. The zero-order valence-electron chi connectivity index (χ0n) is 11.5. The summed E-state index contributed by atoms with van der Waals surface area (Å²) in [4.78, 5) is 19.0. The number of halogens is 1. The van der Waals surface area contributed by atoms with Gasteiger partial charge >= 0.3 is 0 Å². The number of piperidine rings is 1. The summed E-state index contributed by atoms with van der Waals surface area (Å²) >= 11 is 3.51. The van der Waals surface area contributed by atoms with Crippen molar-refractivity contribution in [2.45, 2.75) is 51.6 Å². The number of hydrogen-bond acceptors (Lipinski definition) is 3. The number of hydrogen-bond donors (Lipinski definition) is 0. The summed E-state index contributed by atoms with van der Waals surface area (Å²) < 4.78 is 1.78. The van der Waals surface area contributed by atoms with Gasteiger partial charge in [-0.25, -0.2) is 4.98 Å². The van der Waals surface area contributed by atoms with Gasteiger partial charge in [0.2, 0.25) is 0 Å². The van der Waals surface area contributed by atoms with Crippen molar-refractivity contribution >= 4 is 21.7 Å². The van der Waals surface area contributed by atoms with Gasteiger partial charge in [0.1, 0.15) is 0 Å². The quantitative estimate of drug-likeness (QED) is 0.780. The van der Waals surface area contributed by atoms with E-state index in [1.807, 2.05) is 0 Å². The molecular formula is C14H22BrN3O. The van der Waals surface area contributed by atoms with Crippen molar-refractivity contribution in [3.63, 3.8) is 0 Å². The first-order chi connectivity index (χ1) is 9.27. The SMILES string of the molecule is CCCn1ccnc(N2CCCCC2CCBr)c1=O. The van der Waals surface area contributed by atoms with Crippen LogP contribution in [-0.4, -0.2) is 27.5 Å². The molecule has 0 radical (unpaired) electrons. The molecule has 1 aliphatic rings. The van der Waals surface area contributed by atoms with E-state index < -0.39 is 0 Å². The zero-order chi connectivity index (χ0) is 13.7. The highest BCUT2D eigenvalue weighted by Gasteiger charge is 2.25. The first-order valence-corrected chi connectivity index (χ1v) is 8.28. The maximum Gasteiger partial charge on any atom is 0.293 e. The Balaban J connectivity index is 2.28. The minimum absolute atomic E-state index is 0.0609. The summed E-state index contributed by atoms with van der Waals surface area (Å²) in [6.07, 6.45) is 9.16. The van der Waals surface area contributed by atoms with Crippen molar-refractivity contribution in [1.29, 1.82) is 0 Å². The predicted molar refractivity (Wildman–Crippen MR) is 82.2 cm³/mol. The number of alkyl halides is 1. The van der Waals surface area contributed by atoms with E-state index in [-0.39, 0.29) is 5.56 Å². The normalized spacial score (nSPS) is 19.7. The van der Waals surface area contributed by atoms with E-state index in [1.54, 1.807) is 17.0 Å². The summed E-state index contributed by atoms with van der Waals surface area (Å²) in [5.41, 5.74) is 0.0609. The van der Waals surface area contributed by atoms with E-state index in [1.165, 1.54) is 6.42 Å². The molecule has 0 aliphatic carbocycles. The molecule has 106 valence electrons. The number of rotatable bonds is 5. The van der Waals surface area contributed by atoms with E-state index >= 15 is 0 Å². The van der Waals surface area contributed by atoms with Crippen molar-refractivity contribution in [1.82, 2.24) is 9.55 Å². The van der Waals surface area contributed by atoms with Crippen LogP contribution in [0, 0.1) is 0 Å². The summed E-state index contributed by atoms with van der Waals surface area (Å²) in [5.74, 6) is 0.640. The molecule has 5 heteroatoms. The smallest absolute Gasteiger partial charge is 0.293 e. The van der Waals surface area contributed by atoms with Gasteiger partial charge in [-0.2, -0.15) is 0 Å². The predicted octanol–water partition coefficient (Wildman–Crippen LogP) is 2.80. The van der Waals surface area contributed by atoms with E-state index in [2.05, 4.69) is 32.7 Å². The topological polar surface area (TPSA) is 38.1 Å². The molecule has 1 aliphatic heterocycles. The summed E-state index contributed by atoms with van der Waals surface area (Å²) in [7, 11) is 0. The molecule has 1 atom stereocenters. The minimum Gasteiger partial charge on any atom is -0.349 e. The minimum atomic E-state index is 0.0609. The molecule has 0 aromatic carbocycles. The van der Waals surface area contributed by atoms with Crippen molar-refractivity contribution in [3.8, 4) is 0 Å². The second-order valence-corrected chi connectivity index (χ2v) is 5.86. The van der Waals surface area contributed by atoms with Gasteiger partial charge in [0.05, 0.1) is 0 Å². The van der Waals surface area contributed by atoms with Gasteiger partial charge in [-0.15, -0.1) is 0 Å². The monoisotopic (exact) mass is 327 g/mol. The molecule has 1 aromatic heterocycles. The van der Waals surface area contributed by atoms with E-state index in [0.29, 0.717) is 11.9 Å². The summed E-state index contributed by atoms with van der Waals surface area (Å²) in [5, 5.41) is 0.976. The molecule has 19 heavy (non-hydrogen) atoms. The van der Waals surface area contributed by atoms with E-state index in [9.17, 15) is 4.79 Å². The Bertz CT molecular complexity index is 458. The molecule has 0 saturated carbocycles. The maximum atomic E-state index is 12.5. The third kappa shape index (κ3) is 3.38. The molecule has 1 aromatic rings. The molecule has 1 saturated heterocycles. The number of anilines is 1. The van der Waals surface area contributed by atoms with Gasteiger partial charge < -0.3 is 9.47 Å². The fourth-order valence-corrected chi connectivity index (χ4v) is 3.28. The van der Waals surface area contributed by atoms with Crippen LogP contribution in [0.1, 0.15) is 39.0 Å². The van der Waals surface area contributed by atoms with Crippen LogP contribution in [0.25, 0.3) is 0 Å². The average Bonchev–Trinajstić information content (AvgIpc) is 2.43. The van der Waals surface area contributed by atoms with Crippen molar-refractivity contribution < 1.29 is 0 Å². The lowest BCUT2D eigenvalue weighted by Crippen LogP contribution is -2.44. The van der Waals surface area contributed by atoms with Gasteiger partial charge in [-0.05, 0) is 32.1 Å². The second-order valence-electron chi connectivity index (χ2n) is 5.07. The highest BCUT2D eigenvalue weighted by Crippen LogP contribution is 2.23. The molecular weight excluding hydrogens is 306 g/mol. The van der Waals surface area contributed by atoms with Gasteiger partial charge in [-0.3, -0.25) is 4.79 Å². The lowest BCUT2D eigenvalue weighted by atomic mass is 10.0. The molecule has 0 bridgehead atoms. The molecule has 0 spiro atoms. The van der Waals surface area contributed by atoms with E-state index in [4.69, 9.17) is 0 Å². The highest BCUT2D eigenvalue weighted by molar-refractivity contribution is 9.09. The van der Waals surface area contributed by atoms with Crippen LogP contribution in [0.15, 0.2) is 17.2 Å². The molecule has 0 N–H and O–H groups in total. The third-order valence-electron chi connectivity index (χ3n) is 3.70. The third-order valence-corrected chi connectivity index (χ3v) is 4.16. The average molecular weight is 328 g/mol. The van der Waals surface area contributed by atoms with Gasteiger partial charge in [0.15, 0.2) is 5.82 Å². The van der Waals surface area contributed by atoms with Crippen LogP contribution in [0.3, 0.4) is 0 Å². The van der Waals surface area contributed by atoms with Gasteiger partial charge in [0.25, 0.3) is 5.56 Å². The Kier molecular flexibility index (Phi) is 5.43. The molecule has 0 amide bonds. The fraction of sp³-hybridized carbons (Fsp3) is 0.714. The van der Waals surface area contributed by atoms with Crippen molar-refractivity contribution in [2.24, 2.45) is 0 Å². The Morgan fingerprint density at radius 1 is 1.47 bits per heavy atom. The first-order valence-electron chi connectivity index (χ1n) is 7.16. The molecule has 2 rings (SSSR count). The molecule has 4 nitrogen and oxygen atoms in total. The lowest BCUT2D eigenvalue weighted by Gasteiger charge is -2.36. The van der Waals surface area contributed by atoms with Crippen LogP contribution < -0.4 is 10.5 Å². The summed E-state index contributed by atoms with van der Waals surface area (Å²) in [6, 6.07) is 0.450. The molecule has 1 fully saturated rings. The Hall–Kier alpha value is -0.840. The Morgan fingerprint density at radius 2 is 2.32 bits per heavy atom. The van der Waals surface area contributed by atoms with Crippen LogP contribution >= 0.6 is 15.9 Å². The summed E-state index contributed by atoms with van der Waals surface area (Å²) in [6.45, 7) is 3.81. The first kappa shape index (κ1) is 14.6. The van der Waals surface area contributed by atoms with Crippen LogP contribution in [-0.2, 0) is 6.54 Å². The number of nitrogens with zero attached hydrogens (tertiary/aromatic N) is 3. The lowest BCUT2D eigenvalue weighted by molar-refractivity contribution is 0.446. The zero-order valence-corrected chi connectivity index (χ0v) is 13.1. The standard InChI is InChI=1S/C14H22BrN3O/c1-2-9-17-11-8-16-13(14(17)19)18-10-4-3-5-12(18)6-7-15/h8,11-12H,2-7,9-10H2,1H3. The largest absolute Gasteiger partial charge is 0.349 e. The second kappa shape index (κ2) is 7.08. The Labute approximate surface area is 123 Å². The number of aryl methyl sites for hydroxylation is 1. The van der Waals surface area contributed by atoms with Crippen molar-refractivity contribution in [3.05, 3.63) is 22.7 Å². The van der Waals surface area contributed by atoms with Crippen LogP contribution in [0.5, 0.6) is 0 Å². The fourth-order valence-electron chi connectivity index (χ4n) is 2.76. The van der Waals surface area contributed by atoms with Gasteiger partial charge in [0, 0.05) is 36.9 Å². The maximum absolute atomic E-state index is 12.5. The van der Waals surface area contributed by atoms with E-state index in [0.717, 1.165) is 44.1 Å². The highest BCUT2D eigenvalue weighted by atomic mass is 79.9. The number of aromatic nitrogens is 2. The van der Waals surface area contributed by atoms with Gasteiger partial charge in [-0.1, -0.05) is 22.9 Å². The Morgan fingerprint density at radius 3 is 3.05 bits per heavy atom. The van der Waals surface area contributed by atoms with Crippen LogP contribution in [0.2, 0.25) is 0 Å².